The second-order valence-corrected chi connectivity index (χ2v) is 4.54. The van der Waals surface area contributed by atoms with E-state index >= 15 is 0 Å². The molecule has 108 valence electrons. The Morgan fingerprint density at radius 3 is 2.60 bits per heavy atom. The number of amides is 1. The van der Waals surface area contributed by atoms with Gasteiger partial charge in [-0.3, -0.25) is 19.7 Å². The van der Waals surface area contributed by atoms with E-state index < -0.39 is 22.7 Å². The van der Waals surface area contributed by atoms with Crippen LogP contribution in [0.4, 0.5) is 5.69 Å². The first kappa shape index (κ1) is 15.9. The van der Waals surface area contributed by atoms with Gasteiger partial charge in [0.25, 0.3) is 5.69 Å². The van der Waals surface area contributed by atoms with E-state index in [1.165, 1.54) is 25.3 Å². The van der Waals surface area contributed by atoms with Gasteiger partial charge in [-0.1, -0.05) is 11.6 Å². The number of rotatable bonds is 6. The number of ether oxygens (including phenoxy) is 1. The van der Waals surface area contributed by atoms with Gasteiger partial charge in [-0.15, -0.1) is 0 Å². The fourth-order valence-corrected chi connectivity index (χ4v) is 2.02. The van der Waals surface area contributed by atoms with Crippen LogP contribution < -0.4 is 5.73 Å². The second kappa shape index (κ2) is 6.85. The highest BCUT2D eigenvalue weighted by molar-refractivity contribution is 6.30. The number of halogens is 1. The smallest absolute Gasteiger partial charge is 0.306 e. The van der Waals surface area contributed by atoms with Crippen LogP contribution in [0.25, 0.3) is 0 Å². The Labute approximate surface area is 119 Å². The van der Waals surface area contributed by atoms with Gasteiger partial charge in [0, 0.05) is 29.0 Å². The fraction of sp³-hybridized carbons (Fsp3) is 0.333. The minimum atomic E-state index is -0.751. The molecule has 1 unspecified atom stereocenters. The molecule has 0 fully saturated rings. The van der Waals surface area contributed by atoms with Crippen LogP contribution in [0.2, 0.25) is 5.02 Å². The van der Waals surface area contributed by atoms with Gasteiger partial charge in [-0.2, -0.15) is 0 Å². The number of nitro groups is 1. The van der Waals surface area contributed by atoms with Crippen molar-refractivity contribution in [2.75, 3.05) is 7.11 Å². The maximum absolute atomic E-state index is 11.4. The molecule has 0 radical (unpaired) electrons. The van der Waals surface area contributed by atoms with Gasteiger partial charge in [0.15, 0.2) is 0 Å². The number of hydrogen-bond donors (Lipinski definition) is 1. The monoisotopic (exact) mass is 300 g/mol. The number of hydrogen-bond acceptors (Lipinski definition) is 5. The minimum absolute atomic E-state index is 0.187. The van der Waals surface area contributed by atoms with Crippen LogP contribution in [0.1, 0.15) is 24.3 Å². The predicted molar refractivity (Wildman–Crippen MR) is 71.3 cm³/mol. The molecule has 7 nitrogen and oxygen atoms in total. The van der Waals surface area contributed by atoms with E-state index in [-0.39, 0.29) is 29.1 Å². The Morgan fingerprint density at radius 2 is 2.10 bits per heavy atom. The van der Waals surface area contributed by atoms with Crippen molar-refractivity contribution >= 4 is 29.2 Å². The molecule has 0 aliphatic rings. The lowest BCUT2D eigenvalue weighted by Gasteiger charge is -2.15. The molecule has 0 aromatic heterocycles. The minimum Gasteiger partial charge on any atom is -0.469 e. The summed E-state index contributed by atoms with van der Waals surface area (Å²) in [5.41, 5.74) is 5.09. The summed E-state index contributed by atoms with van der Waals surface area (Å²) in [6.07, 6.45) is -0.406. The molecule has 0 saturated heterocycles. The number of nitro benzene ring substituents is 1. The van der Waals surface area contributed by atoms with Gasteiger partial charge in [-0.25, -0.2) is 0 Å². The first-order chi connectivity index (χ1) is 9.35. The zero-order valence-corrected chi connectivity index (χ0v) is 11.4. The number of benzene rings is 1. The Kier molecular flexibility index (Phi) is 5.45. The Morgan fingerprint density at radius 1 is 1.45 bits per heavy atom. The number of esters is 1. The third-order valence-corrected chi connectivity index (χ3v) is 2.95. The third kappa shape index (κ3) is 4.20. The van der Waals surface area contributed by atoms with Crippen molar-refractivity contribution in [3.05, 3.63) is 38.9 Å². The zero-order chi connectivity index (χ0) is 15.3. The number of nitrogens with two attached hydrogens (primary N) is 1. The van der Waals surface area contributed by atoms with Gasteiger partial charge < -0.3 is 10.5 Å². The number of carbonyl (C=O) groups excluding carboxylic acids is 2. The van der Waals surface area contributed by atoms with Crippen LogP contribution in [0, 0.1) is 10.1 Å². The molecule has 20 heavy (non-hydrogen) atoms. The lowest BCUT2D eigenvalue weighted by atomic mass is 9.91. The summed E-state index contributed by atoms with van der Waals surface area (Å²) < 4.78 is 4.52. The number of nitrogens with zero attached hydrogens (tertiary/aromatic N) is 1. The lowest BCUT2D eigenvalue weighted by molar-refractivity contribution is -0.385. The standard InChI is InChI=1S/C12H13ClN2O5/c1-20-12(17)5-7(4-11(14)16)9-6-8(13)2-3-10(9)15(18)19/h2-3,6-7H,4-5H2,1H3,(H2,14,16). The summed E-state index contributed by atoms with van der Waals surface area (Å²) in [7, 11) is 1.19. The van der Waals surface area contributed by atoms with E-state index in [1.54, 1.807) is 0 Å². The highest BCUT2D eigenvalue weighted by atomic mass is 35.5. The molecular formula is C12H13ClN2O5. The van der Waals surface area contributed by atoms with Crippen molar-refractivity contribution in [2.24, 2.45) is 5.73 Å². The number of primary amides is 1. The molecule has 0 bridgehead atoms. The molecule has 1 amide bonds. The highest BCUT2D eigenvalue weighted by Gasteiger charge is 2.26. The van der Waals surface area contributed by atoms with Gasteiger partial charge >= 0.3 is 5.97 Å². The third-order valence-electron chi connectivity index (χ3n) is 2.71. The molecule has 0 heterocycles. The van der Waals surface area contributed by atoms with E-state index in [0.29, 0.717) is 0 Å². The van der Waals surface area contributed by atoms with Gasteiger partial charge in [0.05, 0.1) is 18.5 Å². The number of methoxy groups -OCH3 is 1. The van der Waals surface area contributed by atoms with Gasteiger partial charge in [0.1, 0.15) is 0 Å². The molecule has 0 spiro atoms. The fourth-order valence-electron chi connectivity index (χ4n) is 1.84. The van der Waals surface area contributed by atoms with Crippen LogP contribution in [-0.2, 0) is 14.3 Å². The van der Waals surface area contributed by atoms with Crippen molar-refractivity contribution in [1.29, 1.82) is 0 Å². The summed E-state index contributed by atoms with van der Waals surface area (Å²) in [5.74, 6) is -2.02. The van der Waals surface area contributed by atoms with Crippen molar-refractivity contribution in [3.63, 3.8) is 0 Å². The number of carbonyl (C=O) groups is 2. The average Bonchev–Trinajstić information content (AvgIpc) is 2.36. The van der Waals surface area contributed by atoms with Crippen molar-refractivity contribution in [2.45, 2.75) is 18.8 Å². The van der Waals surface area contributed by atoms with Crippen LogP contribution in [-0.4, -0.2) is 23.9 Å². The SMILES string of the molecule is COC(=O)CC(CC(N)=O)c1cc(Cl)ccc1[N+](=O)[O-]. The second-order valence-electron chi connectivity index (χ2n) is 4.11. The normalized spacial score (nSPS) is 11.7. The van der Waals surface area contributed by atoms with E-state index in [0.717, 1.165) is 0 Å². The summed E-state index contributed by atoms with van der Waals surface area (Å²) >= 11 is 5.82. The molecule has 0 saturated carbocycles. The molecule has 1 atom stereocenters. The summed E-state index contributed by atoms with van der Waals surface area (Å²) in [4.78, 5) is 32.9. The lowest BCUT2D eigenvalue weighted by Crippen LogP contribution is -2.19. The molecule has 2 N–H and O–H groups in total. The van der Waals surface area contributed by atoms with Crippen LogP contribution in [0.15, 0.2) is 18.2 Å². The van der Waals surface area contributed by atoms with E-state index in [1.807, 2.05) is 0 Å². The Hall–Kier alpha value is -2.15. The molecule has 1 rings (SSSR count). The summed E-state index contributed by atoms with van der Waals surface area (Å²) in [6.45, 7) is 0. The summed E-state index contributed by atoms with van der Waals surface area (Å²) in [6, 6.07) is 3.95. The quantitative estimate of drug-likeness (QED) is 0.488. The van der Waals surface area contributed by atoms with Gasteiger partial charge in [-0.05, 0) is 12.1 Å². The highest BCUT2D eigenvalue weighted by Crippen LogP contribution is 2.33. The van der Waals surface area contributed by atoms with Crippen LogP contribution >= 0.6 is 11.6 Å². The van der Waals surface area contributed by atoms with E-state index in [9.17, 15) is 19.7 Å². The molecule has 8 heteroatoms. The maximum Gasteiger partial charge on any atom is 0.306 e. The largest absolute Gasteiger partial charge is 0.469 e. The molecule has 1 aromatic carbocycles. The Bertz CT molecular complexity index is 547. The van der Waals surface area contributed by atoms with Crippen molar-refractivity contribution in [3.8, 4) is 0 Å². The Balaban J connectivity index is 3.23. The van der Waals surface area contributed by atoms with E-state index in [2.05, 4.69) is 4.74 Å². The zero-order valence-electron chi connectivity index (χ0n) is 10.7. The molecule has 0 aliphatic carbocycles. The first-order valence-corrected chi connectivity index (χ1v) is 6.02. The maximum atomic E-state index is 11.4. The predicted octanol–water partition coefficient (Wildman–Crippen LogP) is 1.77. The van der Waals surface area contributed by atoms with E-state index in [4.69, 9.17) is 17.3 Å². The van der Waals surface area contributed by atoms with Gasteiger partial charge in [0.2, 0.25) is 5.91 Å². The average molecular weight is 301 g/mol. The van der Waals surface area contributed by atoms with Crippen molar-refractivity contribution < 1.29 is 19.2 Å². The molecule has 1 aromatic rings. The first-order valence-electron chi connectivity index (χ1n) is 5.64. The topological polar surface area (TPSA) is 113 Å². The molecular weight excluding hydrogens is 288 g/mol. The summed E-state index contributed by atoms with van der Waals surface area (Å²) in [5, 5.41) is 11.3. The van der Waals surface area contributed by atoms with Crippen LogP contribution in [0.3, 0.4) is 0 Å². The van der Waals surface area contributed by atoms with Crippen LogP contribution in [0.5, 0.6) is 0 Å². The van der Waals surface area contributed by atoms with Crippen molar-refractivity contribution in [1.82, 2.24) is 0 Å². The molecule has 0 aliphatic heterocycles.